The first-order valence-electron chi connectivity index (χ1n) is 10.2. The number of aromatic amines is 1. The van der Waals surface area contributed by atoms with Gasteiger partial charge in [0.15, 0.2) is 0 Å². The zero-order valence-electron chi connectivity index (χ0n) is 17.8. The maximum absolute atomic E-state index is 13.2. The Labute approximate surface area is 177 Å². The van der Waals surface area contributed by atoms with E-state index >= 15 is 0 Å². The molecule has 1 heterocycles. The summed E-state index contributed by atoms with van der Waals surface area (Å²) in [7, 11) is 0. The van der Waals surface area contributed by atoms with Crippen molar-refractivity contribution in [1.82, 2.24) is 9.88 Å². The SMILES string of the molecule is CCOC(=O)c1c(C)[nH]c(CN(Cc2ccccc2)C(=O)Cc2ccccc2)c1C. The van der Waals surface area contributed by atoms with Gasteiger partial charge < -0.3 is 14.6 Å². The van der Waals surface area contributed by atoms with E-state index in [0.29, 0.717) is 31.7 Å². The number of aryl methyl sites for hydroxylation is 1. The van der Waals surface area contributed by atoms with Gasteiger partial charge in [0.05, 0.1) is 25.1 Å². The molecule has 0 bridgehead atoms. The summed E-state index contributed by atoms with van der Waals surface area (Å²) in [5, 5.41) is 0. The fraction of sp³-hybridized carbons (Fsp3) is 0.280. The van der Waals surface area contributed by atoms with Crippen LogP contribution in [0.3, 0.4) is 0 Å². The van der Waals surface area contributed by atoms with Gasteiger partial charge in [0.2, 0.25) is 5.91 Å². The number of ether oxygens (including phenoxy) is 1. The monoisotopic (exact) mass is 404 g/mol. The third-order valence-corrected chi connectivity index (χ3v) is 5.14. The molecule has 0 aliphatic heterocycles. The average molecular weight is 405 g/mol. The maximum Gasteiger partial charge on any atom is 0.340 e. The molecular formula is C25H28N2O3. The van der Waals surface area contributed by atoms with Crippen LogP contribution >= 0.6 is 0 Å². The van der Waals surface area contributed by atoms with Gasteiger partial charge in [-0.25, -0.2) is 4.79 Å². The number of nitrogens with zero attached hydrogens (tertiary/aromatic N) is 1. The zero-order valence-corrected chi connectivity index (χ0v) is 17.8. The summed E-state index contributed by atoms with van der Waals surface area (Å²) in [6.07, 6.45) is 0.331. The number of nitrogens with one attached hydrogen (secondary N) is 1. The van der Waals surface area contributed by atoms with E-state index in [2.05, 4.69) is 4.98 Å². The van der Waals surface area contributed by atoms with E-state index in [1.807, 2.05) is 79.4 Å². The molecule has 3 rings (SSSR count). The lowest BCUT2D eigenvalue weighted by Crippen LogP contribution is -2.31. The van der Waals surface area contributed by atoms with Gasteiger partial charge in [-0.3, -0.25) is 4.79 Å². The lowest BCUT2D eigenvalue weighted by Gasteiger charge is -2.23. The highest BCUT2D eigenvalue weighted by Gasteiger charge is 2.22. The topological polar surface area (TPSA) is 62.4 Å². The second-order valence-electron chi connectivity index (χ2n) is 7.35. The first-order chi connectivity index (χ1) is 14.5. The van der Waals surface area contributed by atoms with Crippen LogP contribution in [0.4, 0.5) is 0 Å². The van der Waals surface area contributed by atoms with Crippen molar-refractivity contribution in [1.29, 1.82) is 0 Å². The van der Waals surface area contributed by atoms with Crippen molar-refractivity contribution in [3.63, 3.8) is 0 Å². The summed E-state index contributed by atoms with van der Waals surface area (Å²) in [5.41, 5.74) is 5.04. The molecule has 156 valence electrons. The zero-order chi connectivity index (χ0) is 21.5. The average Bonchev–Trinajstić information content (AvgIpc) is 3.02. The van der Waals surface area contributed by atoms with Gasteiger partial charge in [-0.1, -0.05) is 60.7 Å². The van der Waals surface area contributed by atoms with E-state index in [1.54, 1.807) is 6.92 Å². The molecule has 0 aliphatic rings. The van der Waals surface area contributed by atoms with Crippen molar-refractivity contribution in [3.05, 3.63) is 94.3 Å². The van der Waals surface area contributed by atoms with Crippen molar-refractivity contribution in [3.8, 4) is 0 Å². The lowest BCUT2D eigenvalue weighted by molar-refractivity contribution is -0.131. The quantitative estimate of drug-likeness (QED) is 0.559. The van der Waals surface area contributed by atoms with E-state index in [4.69, 9.17) is 4.74 Å². The van der Waals surface area contributed by atoms with Crippen LogP contribution in [0.2, 0.25) is 0 Å². The number of hydrogen-bond acceptors (Lipinski definition) is 3. The minimum absolute atomic E-state index is 0.0365. The molecule has 0 unspecified atom stereocenters. The first kappa shape index (κ1) is 21.4. The minimum atomic E-state index is -0.333. The van der Waals surface area contributed by atoms with Crippen molar-refractivity contribution >= 4 is 11.9 Å². The summed E-state index contributed by atoms with van der Waals surface area (Å²) in [4.78, 5) is 30.6. The van der Waals surface area contributed by atoms with Crippen LogP contribution in [0, 0.1) is 13.8 Å². The third-order valence-electron chi connectivity index (χ3n) is 5.14. The molecule has 0 atom stereocenters. The van der Waals surface area contributed by atoms with Crippen LogP contribution in [0.1, 0.15) is 45.4 Å². The molecular weight excluding hydrogens is 376 g/mol. The van der Waals surface area contributed by atoms with Gasteiger partial charge in [-0.05, 0) is 37.5 Å². The van der Waals surface area contributed by atoms with Crippen molar-refractivity contribution in [2.75, 3.05) is 6.61 Å². The third kappa shape index (κ3) is 5.17. The van der Waals surface area contributed by atoms with Crippen LogP contribution in [-0.2, 0) is 29.0 Å². The minimum Gasteiger partial charge on any atom is -0.462 e. The molecule has 30 heavy (non-hydrogen) atoms. The summed E-state index contributed by atoms with van der Waals surface area (Å²) >= 11 is 0. The summed E-state index contributed by atoms with van der Waals surface area (Å²) in [6.45, 7) is 6.77. The Morgan fingerprint density at radius 2 is 1.50 bits per heavy atom. The largest absolute Gasteiger partial charge is 0.462 e. The molecule has 5 nitrogen and oxygen atoms in total. The molecule has 0 aliphatic carbocycles. The van der Waals surface area contributed by atoms with Gasteiger partial charge in [-0.15, -0.1) is 0 Å². The fourth-order valence-corrected chi connectivity index (χ4v) is 3.59. The van der Waals surface area contributed by atoms with Crippen LogP contribution in [-0.4, -0.2) is 28.4 Å². The summed E-state index contributed by atoms with van der Waals surface area (Å²) in [5.74, 6) is -0.297. The lowest BCUT2D eigenvalue weighted by atomic mass is 10.1. The molecule has 0 fully saturated rings. The molecule has 2 aromatic carbocycles. The number of H-pyrrole nitrogens is 1. The number of aromatic nitrogens is 1. The Kier molecular flexibility index (Phi) is 7.07. The first-order valence-corrected chi connectivity index (χ1v) is 10.2. The van der Waals surface area contributed by atoms with Crippen LogP contribution < -0.4 is 0 Å². The molecule has 0 spiro atoms. The molecule has 0 saturated heterocycles. The van der Waals surface area contributed by atoms with E-state index in [9.17, 15) is 9.59 Å². The number of benzene rings is 2. The van der Waals surface area contributed by atoms with E-state index in [0.717, 1.165) is 28.1 Å². The van der Waals surface area contributed by atoms with Crippen molar-refractivity contribution in [2.24, 2.45) is 0 Å². The highest BCUT2D eigenvalue weighted by Crippen LogP contribution is 2.22. The van der Waals surface area contributed by atoms with Crippen LogP contribution in [0.5, 0.6) is 0 Å². The van der Waals surface area contributed by atoms with E-state index in [1.165, 1.54) is 0 Å². The Morgan fingerprint density at radius 1 is 0.900 bits per heavy atom. The van der Waals surface area contributed by atoms with Gasteiger partial charge in [0, 0.05) is 17.9 Å². The fourth-order valence-electron chi connectivity index (χ4n) is 3.59. The molecule has 1 amide bonds. The molecule has 0 saturated carbocycles. The normalized spacial score (nSPS) is 10.6. The summed E-state index contributed by atoms with van der Waals surface area (Å²) in [6, 6.07) is 19.7. The van der Waals surface area contributed by atoms with Crippen LogP contribution in [0.25, 0.3) is 0 Å². The number of hydrogen-bond donors (Lipinski definition) is 1. The Morgan fingerprint density at radius 3 is 2.10 bits per heavy atom. The number of amides is 1. The number of rotatable bonds is 8. The van der Waals surface area contributed by atoms with E-state index in [-0.39, 0.29) is 11.9 Å². The molecule has 3 aromatic rings. The van der Waals surface area contributed by atoms with Gasteiger partial charge in [-0.2, -0.15) is 0 Å². The summed E-state index contributed by atoms with van der Waals surface area (Å²) < 4.78 is 5.19. The smallest absolute Gasteiger partial charge is 0.340 e. The maximum atomic E-state index is 13.2. The van der Waals surface area contributed by atoms with E-state index < -0.39 is 0 Å². The predicted octanol–water partition coefficient (Wildman–Crippen LogP) is 4.58. The van der Waals surface area contributed by atoms with Gasteiger partial charge in [0.25, 0.3) is 0 Å². The van der Waals surface area contributed by atoms with Gasteiger partial charge in [0.1, 0.15) is 0 Å². The molecule has 5 heteroatoms. The number of esters is 1. The predicted molar refractivity (Wildman–Crippen MR) is 117 cm³/mol. The Hall–Kier alpha value is -3.34. The second kappa shape index (κ2) is 9.92. The number of carbonyl (C=O) groups excluding carboxylic acids is 2. The number of carbonyl (C=O) groups is 2. The van der Waals surface area contributed by atoms with Crippen LogP contribution in [0.15, 0.2) is 60.7 Å². The highest BCUT2D eigenvalue weighted by atomic mass is 16.5. The molecule has 0 radical (unpaired) electrons. The van der Waals surface area contributed by atoms with Gasteiger partial charge >= 0.3 is 5.97 Å². The Balaban J connectivity index is 1.86. The van der Waals surface area contributed by atoms with Crippen molar-refractivity contribution < 1.29 is 14.3 Å². The standard InChI is InChI=1S/C25H28N2O3/c1-4-30-25(29)24-18(2)22(26-19(24)3)17-27(16-21-13-9-6-10-14-21)23(28)15-20-11-7-5-8-12-20/h5-14,26H,4,15-17H2,1-3H3. The second-order valence-corrected chi connectivity index (χ2v) is 7.35. The molecule has 1 aromatic heterocycles. The highest BCUT2D eigenvalue weighted by molar-refractivity contribution is 5.92. The Bertz CT molecular complexity index is 994. The van der Waals surface area contributed by atoms with Crippen molar-refractivity contribution in [2.45, 2.75) is 40.3 Å². The molecule has 1 N–H and O–H groups in total.